The van der Waals surface area contributed by atoms with Crippen LogP contribution in [0.1, 0.15) is 5.56 Å². The predicted octanol–water partition coefficient (Wildman–Crippen LogP) is 5.23. The number of halogens is 3. The lowest BCUT2D eigenvalue weighted by Gasteiger charge is -2.07. The van der Waals surface area contributed by atoms with Gasteiger partial charge in [0.05, 0.1) is 9.08 Å². The molecule has 0 aromatic heterocycles. The number of benzene rings is 1. The molecule has 0 saturated heterocycles. The fourth-order valence-corrected chi connectivity index (χ4v) is 2.25. The van der Waals surface area contributed by atoms with E-state index in [-0.39, 0.29) is 0 Å². The summed E-state index contributed by atoms with van der Waals surface area (Å²) in [7, 11) is 0. The number of nitrogens with one attached hydrogen (secondary N) is 1. The largest absolute Gasteiger partial charge is 0.329 e. The molecule has 0 unspecified atom stereocenters. The molecule has 0 radical (unpaired) electrons. The summed E-state index contributed by atoms with van der Waals surface area (Å²) >= 11 is 11.7. The van der Waals surface area contributed by atoms with E-state index < -0.39 is 0 Å². The van der Waals surface area contributed by atoms with E-state index >= 15 is 0 Å². The number of hydrogen-bond acceptors (Lipinski definition) is 2. The minimum atomic E-state index is 0.923. The second-order valence-electron chi connectivity index (χ2n) is 2.47. The summed E-state index contributed by atoms with van der Waals surface area (Å²) in [6.07, 6.45) is 4.00. The molecule has 1 rings (SSSR count). The highest BCUT2D eigenvalue weighted by Gasteiger charge is 2.00. The van der Waals surface area contributed by atoms with Crippen molar-refractivity contribution in [1.82, 2.24) is 0 Å². The molecule has 0 aliphatic heterocycles. The summed E-state index contributed by atoms with van der Waals surface area (Å²) in [6.45, 7) is 0. The van der Waals surface area contributed by atoms with Crippen LogP contribution in [-0.4, -0.2) is 6.26 Å². The van der Waals surface area contributed by atoms with Gasteiger partial charge in [0, 0.05) is 16.3 Å². The molecule has 0 aliphatic rings. The summed E-state index contributed by atoms with van der Waals surface area (Å²) in [5.41, 5.74) is 2.22. The van der Waals surface area contributed by atoms with Gasteiger partial charge in [-0.15, -0.1) is 0 Å². The van der Waals surface area contributed by atoms with Gasteiger partial charge in [-0.2, -0.15) is 0 Å². The fourth-order valence-electron chi connectivity index (χ4n) is 0.973. The van der Waals surface area contributed by atoms with Crippen LogP contribution in [0, 0.1) is 0 Å². The molecule has 0 amide bonds. The third kappa shape index (κ3) is 3.96. The Morgan fingerprint density at radius 1 is 1.43 bits per heavy atom. The average Bonchev–Trinajstić information content (AvgIpc) is 2.09. The fraction of sp³-hybridized carbons (Fsp3) is 0.111. The van der Waals surface area contributed by atoms with Crippen molar-refractivity contribution in [3.8, 4) is 0 Å². The summed E-state index contributed by atoms with van der Waals surface area (Å²) in [6, 6.07) is 6.11. The van der Waals surface area contributed by atoms with E-state index in [1.165, 1.54) is 0 Å². The summed E-state index contributed by atoms with van der Waals surface area (Å²) in [5, 5.41) is 0. The van der Waals surface area contributed by atoms with E-state index in [0.717, 1.165) is 19.1 Å². The van der Waals surface area contributed by atoms with Crippen LogP contribution in [0.3, 0.4) is 0 Å². The average molecular weight is 402 g/mol. The SMILES string of the molecule is CSNc1ccc(Br)cc1C=C(Br)Br. The topological polar surface area (TPSA) is 12.0 Å². The highest BCUT2D eigenvalue weighted by molar-refractivity contribution is 9.28. The van der Waals surface area contributed by atoms with E-state index in [1.807, 2.05) is 24.5 Å². The van der Waals surface area contributed by atoms with Crippen LogP contribution in [0.5, 0.6) is 0 Å². The Bertz CT molecular complexity index is 348. The van der Waals surface area contributed by atoms with Crippen molar-refractivity contribution in [2.45, 2.75) is 0 Å². The van der Waals surface area contributed by atoms with Gasteiger partial charge in [-0.3, -0.25) is 0 Å². The van der Waals surface area contributed by atoms with Crippen molar-refractivity contribution in [1.29, 1.82) is 0 Å². The second-order valence-corrected chi connectivity index (χ2v) is 6.77. The molecule has 76 valence electrons. The lowest BCUT2D eigenvalue weighted by Crippen LogP contribution is -1.88. The zero-order valence-corrected chi connectivity index (χ0v) is 12.9. The first-order valence-corrected chi connectivity index (χ1v) is 7.35. The van der Waals surface area contributed by atoms with Crippen molar-refractivity contribution in [2.75, 3.05) is 11.0 Å². The molecule has 1 aromatic carbocycles. The van der Waals surface area contributed by atoms with Crippen LogP contribution >= 0.6 is 59.7 Å². The third-order valence-electron chi connectivity index (χ3n) is 1.49. The van der Waals surface area contributed by atoms with Crippen molar-refractivity contribution in [3.63, 3.8) is 0 Å². The van der Waals surface area contributed by atoms with Crippen molar-refractivity contribution in [2.24, 2.45) is 0 Å². The molecule has 1 N–H and O–H groups in total. The molecule has 0 atom stereocenters. The molecule has 0 spiro atoms. The smallest absolute Gasteiger partial charge is 0.0610 e. The van der Waals surface area contributed by atoms with E-state index in [0.29, 0.717) is 0 Å². The minimum Gasteiger partial charge on any atom is -0.329 e. The Morgan fingerprint density at radius 2 is 2.14 bits per heavy atom. The third-order valence-corrected chi connectivity index (χ3v) is 2.87. The Labute approximate surface area is 113 Å². The van der Waals surface area contributed by atoms with Crippen LogP contribution in [-0.2, 0) is 0 Å². The highest BCUT2D eigenvalue weighted by atomic mass is 79.9. The lowest BCUT2D eigenvalue weighted by atomic mass is 10.2. The Kier molecular flexibility index (Phi) is 5.59. The second kappa shape index (κ2) is 6.20. The van der Waals surface area contributed by atoms with Crippen LogP contribution in [0.15, 0.2) is 26.1 Å². The minimum absolute atomic E-state index is 0.923. The molecular formula is C9H8Br3NS. The first-order chi connectivity index (χ1) is 6.63. The van der Waals surface area contributed by atoms with Gasteiger partial charge in [0.25, 0.3) is 0 Å². The molecule has 1 nitrogen and oxygen atoms in total. The zero-order chi connectivity index (χ0) is 10.6. The van der Waals surface area contributed by atoms with Crippen LogP contribution in [0.4, 0.5) is 5.69 Å². The monoisotopic (exact) mass is 399 g/mol. The first-order valence-electron chi connectivity index (χ1n) is 3.74. The van der Waals surface area contributed by atoms with Gasteiger partial charge in [-0.25, -0.2) is 0 Å². The molecule has 14 heavy (non-hydrogen) atoms. The van der Waals surface area contributed by atoms with Gasteiger partial charge in [0.15, 0.2) is 0 Å². The van der Waals surface area contributed by atoms with E-state index in [4.69, 9.17) is 0 Å². The number of hydrogen-bond donors (Lipinski definition) is 1. The number of anilines is 1. The predicted molar refractivity (Wildman–Crippen MR) is 77.1 cm³/mol. The quantitative estimate of drug-likeness (QED) is 0.696. The van der Waals surface area contributed by atoms with Gasteiger partial charge in [-0.05, 0) is 56.1 Å². The molecule has 0 bridgehead atoms. The summed E-state index contributed by atoms with van der Waals surface area (Å²) in [5.74, 6) is 0. The summed E-state index contributed by atoms with van der Waals surface area (Å²) < 4.78 is 5.21. The molecule has 0 fully saturated rings. The molecule has 0 aliphatic carbocycles. The van der Waals surface area contributed by atoms with Gasteiger partial charge in [0.1, 0.15) is 0 Å². The highest BCUT2D eigenvalue weighted by Crippen LogP contribution is 2.27. The van der Waals surface area contributed by atoms with Crippen LogP contribution in [0.25, 0.3) is 6.08 Å². The Morgan fingerprint density at radius 3 is 2.71 bits per heavy atom. The van der Waals surface area contributed by atoms with Gasteiger partial charge < -0.3 is 4.72 Å². The van der Waals surface area contributed by atoms with Crippen molar-refractivity contribution in [3.05, 3.63) is 31.6 Å². The maximum atomic E-state index is 3.44. The van der Waals surface area contributed by atoms with Crippen molar-refractivity contribution >= 4 is 71.5 Å². The van der Waals surface area contributed by atoms with Gasteiger partial charge in [-0.1, -0.05) is 27.9 Å². The van der Waals surface area contributed by atoms with Gasteiger partial charge >= 0.3 is 0 Å². The molecule has 1 aromatic rings. The van der Waals surface area contributed by atoms with E-state index in [2.05, 4.69) is 58.6 Å². The zero-order valence-electron chi connectivity index (χ0n) is 7.35. The first kappa shape index (κ1) is 12.6. The normalized spacial score (nSPS) is 9.71. The lowest BCUT2D eigenvalue weighted by molar-refractivity contribution is 1.60. The molecular weight excluding hydrogens is 394 g/mol. The van der Waals surface area contributed by atoms with E-state index in [9.17, 15) is 0 Å². The Balaban J connectivity index is 3.09. The van der Waals surface area contributed by atoms with Crippen LogP contribution in [0.2, 0.25) is 0 Å². The standard InChI is InChI=1S/C9H8Br3NS/c1-14-13-8-3-2-7(10)4-6(8)5-9(11)12/h2-5,13H,1H3. The molecule has 5 heteroatoms. The maximum Gasteiger partial charge on any atom is 0.0610 e. The summed E-state index contributed by atoms with van der Waals surface area (Å²) in [4.78, 5) is 0. The number of rotatable bonds is 3. The van der Waals surface area contributed by atoms with Crippen LogP contribution < -0.4 is 4.72 Å². The molecule has 0 heterocycles. The Hall–Kier alpha value is 0.550. The van der Waals surface area contributed by atoms with Gasteiger partial charge in [0.2, 0.25) is 0 Å². The molecule has 0 saturated carbocycles. The van der Waals surface area contributed by atoms with Crippen molar-refractivity contribution < 1.29 is 0 Å². The van der Waals surface area contributed by atoms with E-state index in [1.54, 1.807) is 11.9 Å². The maximum absolute atomic E-state index is 3.44.